The van der Waals surface area contributed by atoms with Gasteiger partial charge in [-0.15, -0.1) is 0 Å². The summed E-state index contributed by atoms with van der Waals surface area (Å²) in [5, 5.41) is 3.41. The number of aliphatic imine (C=N–C) groups is 1. The van der Waals surface area contributed by atoms with Crippen LogP contribution in [-0.2, 0) is 10.1 Å². The molecule has 7 nitrogen and oxygen atoms in total. The zero-order valence-corrected chi connectivity index (χ0v) is 18.3. The highest BCUT2D eigenvalue weighted by Crippen LogP contribution is 2.41. The van der Waals surface area contributed by atoms with Gasteiger partial charge in [0.1, 0.15) is 11.4 Å². The summed E-state index contributed by atoms with van der Waals surface area (Å²) in [6, 6.07) is 19.7. The maximum atomic E-state index is 11.3. The predicted octanol–water partition coefficient (Wildman–Crippen LogP) is 4.56. The van der Waals surface area contributed by atoms with Gasteiger partial charge in [-0.2, -0.15) is 8.42 Å². The monoisotopic (exact) mass is 447 g/mol. The topological polar surface area (TPSA) is 91.2 Å². The largest absolute Gasteiger partial charge is 0.453 e. The molecule has 0 saturated carbocycles. The highest BCUT2D eigenvalue weighted by Gasteiger charge is 2.30. The zero-order valence-electron chi connectivity index (χ0n) is 17.5. The summed E-state index contributed by atoms with van der Waals surface area (Å²) in [6.07, 6.45) is 1.98. The first-order valence-corrected chi connectivity index (χ1v) is 11.5. The third-order valence-corrected chi connectivity index (χ3v) is 6.36. The molecule has 3 aromatic rings. The normalized spacial score (nSPS) is 16.5. The smallest absolute Gasteiger partial charge is 0.294 e. The van der Waals surface area contributed by atoms with Crippen LogP contribution in [0.3, 0.4) is 0 Å². The van der Waals surface area contributed by atoms with Gasteiger partial charge in [-0.25, -0.2) is 4.99 Å². The lowest BCUT2D eigenvalue weighted by atomic mass is 9.89. The van der Waals surface area contributed by atoms with Crippen LogP contribution < -0.4 is 15.0 Å². The van der Waals surface area contributed by atoms with Gasteiger partial charge in [-0.05, 0) is 48.0 Å². The molecule has 0 saturated heterocycles. The van der Waals surface area contributed by atoms with E-state index < -0.39 is 10.1 Å². The Morgan fingerprint density at radius 3 is 2.50 bits per heavy atom. The number of anilines is 2. The van der Waals surface area contributed by atoms with Crippen molar-refractivity contribution in [3.8, 4) is 5.75 Å². The molecule has 0 amide bonds. The molecule has 3 aromatic carbocycles. The Balaban J connectivity index is 1.53. The van der Waals surface area contributed by atoms with E-state index in [0.717, 1.165) is 28.2 Å². The number of rotatable bonds is 4. The fourth-order valence-corrected chi connectivity index (χ4v) is 4.33. The highest BCUT2D eigenvalue weighted by molar-refractivity contribution is 7.85. The molecule has 1 aliphatic heterocycles. The van der Waals surface area contributed by atoms with Gasteiger partial charge >= 0.3 is 0 Å². The Morgan fingerprint density at radius 2 is 1.78 bits per heavy atom. The van der Waals surface area contributed by atoms with Crippen molar-refractivity contribution < 1.29 is 17.7 Å². The second-order valence-corrected chi connectivity index (χ2v) is 9.27. The first-order valence-electron chi connectivity index (χ1n) is 10.0. The Morgan fingerprint density at radius 1 is 1.03 bits per heavy atom. The van der Waals surface area contributed by atoms with Crippen LogP contribution >= 0.6 is 0 Å². The van der Waals surface area contributed by atoms with E-state index in [9.17, 15) is 13.0 Å². The summed E-state index contributed by atoms with van der Waals surface area (Å²) in [6.45, 7) is 0. The van der Waals surface area contributed by atoms with Gasteiger partial charge in [0.15, 0.2) is 11.5 Å². The van der Waals surface area contributed by atoms with E-state index in [0.29, 0.717) is 17.2 Å². The molecule has 0 fully saturated rings. The predicted molar refractivity (Wildman–Crippen MR) is 125 cm³/mol. The Bertz CT molecular complexity index is 1380. The minimum absolute atomic E-state index is 0.149. The van der Waals surface area contributed by atoms with Crippen molar-refractivity contribution >= 4 is 32.9 Å². The van der Waals surface area contributed by atoms with E-state index in [2.05, 4.69) is 5.32 Å². The molecule has 1 atom stereocenters. The van der Waals surface area contributed by atoms with Crippen LogP contribution in [0.25, 0.3) is 0 Å². The van der Waals surface area contributed by atoms with Crippen LogP contribution in [0.15, 0.2) is 88.5 Å². The minimum Gasteiger partial charge on any atom is -0.453 e. The number of hydrogen-bond acceptors (Lipinski definition) is 6. The lowest BCUT2D eigenvalue weighted by Gasteiger charge is -2.30. The molecule has 1 unspecified atom stereocenters. The quantitative estimate of drug-likeness (QED) is 0.570. The Kier molecular flexibility index (Phi) is 4.76. The number of benzene rings is 3. The zero-order chi connectivity index (χ0) is 22.5. The molecule has 2 aliphatic rings. The van der Waals surface area contributed by atoms with E-state index in [1.165, 1.54) is 12.1 Å². The van der Waals surface area contributed by atoms with Crippen molar-refractivity contribution in [2.45, 2.75) is 10.9 Å². The van der Waals surface area contributed by atoms with Gasteiger partial charge in [-0.1, -0.05) is 24.3 Å². The third-order valence-electron chi connectivity index (χ3n) is 5.49. The average molecular weight is 448 g/mol. The standard InChI is InChI=1S/C24H21N3O4S/c1-27(2)16-9-12-20-22(13-16)31-23-14-21(18-5-3-4-6-19(18)24(23)26-20)25-15-7-10-17(11-8-15)32(28,29)30/h3-14,21,25H,1-2H3,(H,28,29,30). The second-order valence-electron chi connectivity index (χ2n) is 7.85. The molecule has 8 heteroatoms. The van der Waals surface area contributed by atoms with Crippen molar-refractivity contribution in [1.82, 2.24) is 0 Å². The number of nitrogens with one attached hydrogen (secondary N) is 1. The maximum Gasteiger partial charge on any atom is 0.294 e. The van der Waals surface area contributed by atoms with E-state index >= 15 is 0 Å². The number of fused-ring (bicyclic) bond motifs is 4. The van der Waals surface area contributed by atoms with E-state index in [4.69, 9.17) is 9.73 Å². The van der Waals surface area contributed by atoms with Gasteiger partial charge in [0, 0.05) is 37.1 Å². The lowest BCUT2D eigenvalue weighted by Crippen LogP contribution is -2.25. The van der Waals surface area contributed by atoms with Gasteiger partial charge in [0.25, 0.3) is 10.1 Å². The maximum absolute atomic E-state index is 11.3. The molecule has 162 valence electrons. The molecule has 0 bridgehead atoms. The van der Waals surface area contributed by atoms with Gasteiger partial charge in [-0.3, -0.25) is 4.55 Å². The van der Waals surface area contributed by atoms with Crippen molar-refractivity contribution in [1.29, 1.82) is 0 Å². The Hall–Kier alpha value is -3.62. The first kappa shape index (κ1) is 20.3. The summed E-state index contributed by atoms with van der Waals surface area (Å²) >= 11 is 0. The lowest BCUT2D eigenvalue weighted by molar-refractivity contribution is 0.445. The highest BCUT2D eigenvalue weighted by atomic mass is 32.2. The van der Waals surface area contributed by atoms with Crippen LogP contribution in [0.4, 0.5) is 17.1 Å². The molecular formula is C24H21N3O4S. The van der Waals surface area contributed by atoms with Crippen LogP contribution in [-0.4, -0.2) is 32.8 Å². The van der Waals surface area contributed by atoms with Crippen LogP contribution in [0.1, 0.15) is 17.2 Å². The molecule has 0 radical (unpaired) electrons. The summed E-state index contributed by atoms with van der Waals surface area (Å²) in [4.78, 5) is 6.73. The summed E-state index contributed by atoms with van der Waals surface area (Å²) in [7, 11) is -0.284. The fraction of sp³-hybridized carbons (Fsp3) is 0.125. The van der Waals surface area contributed by atoms with E-state index in [-0.39, 0.29) is 10.9 Å². The summed E-state index contributed by atoms with van der Waals surface area (Å²) in [5.41, 5.74) is 5.30. The molecule has 32 heavy (non-hydrogen) atoms. The molecule has 1 aliphatic carbocycles. The van der Waals surface area contributed by atoms with Crippen molar-refractivity contribution in [3.63, 3.8) is 0 Å². The summed E-state index contributed by atoms with van der Waals surface area (Å²) < 4.78 is 38.1. The molecule has 5 rings (SSSR count). The molecule has 2 N–H and O–H groups in total. The molecular weight excluding hydrogens is 426 g/mol. The van der Waals surface area contributed by atoms with Crippen molar-refractivity contribution in [2.24, 2.45) is 4.99 Å². The van der Waals surface area contributed by atoms with Crippen LogP contribution in [0, 0.1) is 0 Å². The number of nitrogens with zero attached hydrogens (tertiary/aromatic N) is 2. The molecule has 0 spiro atoms. The van der Waals surface area contributed by atoms with Gasteiger partial charge in [0.05, 0.1) is 10.9 Å². The van der Waals surface area contributed by atoms with Gasteiger partial charge < -0.3 is 15.0 Å². The SMILES string of the molecule is CN(C)c1ccc2c(c1)OC1=CC(Nc3ccc(S(=O)(=O)O)cc3)c3ccccc3C1=N2. The molecule has 1 heterocycles. The number of hydrogen-bond donors (Lipinski definition) is 2. The van der Waals surface area contributed by atoms with Gasteiger partial charge in [0.2, 0.25) is 0 Å². The number of ether oxygens (including phenoxy) is 1. The number of allylic oxidation sites excluding steroid dienone is 1. The second kappa shape index (κ2) is 7.51. The van der Waals surface area contributed by atoms with E-state index in [1.807, 2.05) is 67.5 Å². The first-order chi connectivity index (χ1) is 15.3. The average Bonchev–Trinajstić information content (AvgIpc) is 2.77. The van der Waals surface area contributed by atoms with E-state index in [1.54, 1.807) is 12.1 Å². The third kappa shape index (κ3) is 3.63. The minimum atomic E-state index is -4.23. The van der Waals surface area contributed by atoms with Crippen molar-refractivity contribution in [2.75, 3.05) is 24.3 Å². The van der Waals surface area contributed by atoms with Crippen LogP contribution in [0.5, 0.6) is 5.75 Å². The fourth-order valence-electron chi connectivity index (χ4n) is 3.85. The Labute approximate surface area is 186 Å². The van der Waals surface area contributed by atoms with Crippen LogP contribution in [0.2, 0.25) is 0 Å². The summed E-state index contributed by atoms with van der Waals surface area (Å²) in [5.74, 6) is 1.36. The van der Waals surface area contributed by atoms with Crippen molar-refractivity contribution in [3.05, 3.63) is 89.7 Å². The molecule has 0 aromatic heterocycles.